The average molecular weight is 301 g/mol. The average Bonchev–Trinajstić information content (AvgIpc) is 3.14. The maximum atomic E-state index is 11.9. The highest BCUT2D eigenvalue weighted by molar-refractivity contribution is 7.99. The van der Waals surface area contributed by atoms with E-state index in [9.17, 15) is 4.79 Å². The predicted octanol–water partition coefficient (Wildman–Crippen LogP) is 1.10. The molecule has 21 heavy (non-hydrogen) atoms. The molecule has 1 fully saturated rings. The maximum absolute atomic E-state index is 11.9. The summed E-state index contributed by atoms with van der Waals surface area (Å²) in [6.07, 6.45) is 9.08. The molecule has 1 atom stereocenters. The number of imidazole rings is 1. The van der Waals surface area contributed by atoms with Crippen molar-refractivity contribution in [2.45, 2.75) is 24.8 Å². The molecule has 0 spiro atoms. The molecule has 7 heteroatoms. The zero-order valence-electron chi connectivity index (χ0n) is 11.4. The van der Waals surface area contributed by atoms with Crippen molar-refractivity contribution in [1.82, 2.24) is 19.1 Å². The molecule has 0 aromatic carbocycles. The molecule has 108 valence electrons. The molecule has 1 aliphatic heterocycles. The third-order valence-corrected chi connectivity index (χ3v) is 4.61. The lowest BCUT2D eigenvalue weighted by molar-refractivity contribution is 0.608. The fraction of sp³-hybridized carbons (Fsp3) is 0.357. The predicted molar refractivity (Wildman–Crippen MR) is 82.7 cm³/mol. The van der Waals surface area contributed by atoms with Crippen LogP contribution >= 0.6 is 11.8 Å². The van der Waals surface area contributed by atoms with Crippen LogP contribution in [-0.2, 0) is 6.54 Å². The molecule has 2 N–H and O–H groups in total. The minimum Gasteiger partial charge on any atom is -0.382 e. The summed E-state index contributed by atoms with van der Waals surface area (Å²) in [7, 11) is 0. The van der Waals surface area contributed by atoms with Gasteiger partial charge in [-0.25, -0.2) is 9.78 Å². The van der Waals surface area contributed by atoms with Crippen LogP contribution in [0.4, 0.5) is 5.82 Å². The van der Waals surface area contributed by atoms with Crippen LogP contribution in [0.1, 0.15) is 23.8 Å². The van der Waals surface area contributed by atoms with Gasteiger partial charge in [-0.2, -0.15) is 4.98 Å². The highest BCUT2D eigenvalue weighted by Crippen LogP contribution is 2.34. The molecule has 0 bridgehead atoms. The second-order valence-corrected chi connectivity index (χ2v) is 6.02. The standard InChI is InChI=1S/C14H15N5OS/c15-13-11(3-1-6-18-7-5-16-10-18)9-19(14(20)17-13)12-4-2-8-21-12/h5,7,9-10,12H,2,4,6,8H2,(H2,15,17,20). The Balaban J connectivity index is 1.86. The van der Waals surface area contributed by atoms with Gasteiger partial charge in [0.2, 0.25) is 0 Å². The fourth-order valence-corrected chi connectivity index (χ4v) is 3.42. The Morgan fingerprint density at radius 2 is 2.43 bits per heavy atom. The van der Waals surface area contributed by atoms with Crippen molar-refractivity contribution in [2.24, 2.45) is 0 Å². The van der Waals surface area contributed by atoms with Crippen molar-refractivity contribution < 1.29 is 0 Å². The number of anilines is 1. The van der Waals surface area contributed by atoms with Gasteiger partial charge in [-0.1, -0.05) is 11.8 Å². The monoisotopic (exact) mass is 301 g/mol. The first kappa shape index (κ1) is 13.8. The van der Waals surface area contributed by atoms with E-state index in [4.69, 9.17) is 5.73 Å². The number of rotatable bonds is 2. The molecule has 0 saturated carbocycles. The van der Waals surface area contributed by atoms with Gasteiger partial charge >= 0.3 is 5.69 Å². The molecule has 1 aliphatic rings. The van der Waals surface area contributed by atoms with Crippen LogP contribution in [0.3, 0.4) is 0 Å². The van der Waals surface area contributed by atoms with Gasteiger partial charge in [0.05, 0.1) is 23.8 Å². The normalized spacial score (nSPS) is 17.4. The first-order chi connectivity index (χ1) is 10.2. The van der Waals surface area contributed by atoms with Gasteiger partial charge in [0.25, 0.3) is 0 Å². The maximum Gasteiger partial charge on any atom is 0.350 e. The van der Waals surface area contributed by atoms with Crippen LogP contribution in [0.2, 0.25) is 0 Å². The third kappa shape index (κ3) is 3.11. The third-order valence-electron chi connectivity index (χ3n) is 3.24. The van der Waals surface area contributed by atoms with E-state index in [1.807, 2.05) is 10.8 Å². The van der Waals surface area contributed by atoms with Crippen LogP contribution in [0.25, 0.3) is 0 Å². The van der Waals surface area contributed by atoms with E-state index in [0.29, 0.717) is 12.1 Å². The van der Waals surface area contributed by atoms with E-state index < -0.39 is 0 Å². The number of thioether (sulfide) groups is 1. The lowest BCUT2D eigenvalue weighted by atomic mass is 10.3. The van der Waals surface area contributed by atoms with Crippen molar-refractivity contribution in [3.05, 3.63) is 41.0 Å². The van der Waals surface area contributed by atoms with Gasteiger partial charge in [-0.15, -0.1) is 11.8 Å². The molecule has 2 aromatic rings. The van der Waals surface area contributed by atoms with Crippen LogP contribution in [0.5, 0.6) is 0 Å². The fourth-order valence-electron chi connectivity index (χ4n) is 2.17. The van der Waals surface area contributed by atoms with Crippen molar-refractivity contribution in [3.8, 4) is 11.8 Å². The summed E-state index contributed by atoms with van der Waals surface area (Å²) in [6.45, 7) is 0.525. The molecule has 2 aromatic heterocycles. The van der Waals surface area contributed by atoms with Crippen LogP contribution in [0.15, 0.2) is 29.7 Å². The number of hydrogen-bond acceptors (Lipinski definition) is 5. The Bertz CT molecular complexity index is 735. The Kier molecular flexibility index (Phi) is 3.97. The van der Waals surface area contributed by atoms with E-state index >= 15 is 0 Å². The number of nitrogen functional groups attached to an aromatic ring is 1. The van der Waals surface area contributed by atoms with E-state index in [1.54, 1.807) is 35.0 Å². The molecule has 1 saturated heterocycles. The minimum atomic E-state index is -0.299. The van der Waals surface area contributed by atoms with Crippen molar-refractivity contribution in [1.29, 1.82) is 0 Å². The quantitative estimate of drug-likeness (QED) is 0.840. The molecule has 3 heterocycles. The van der Waals surface area contributed by atoms with Crippen molar-refractivity contribution in [2.75, 3.05) is 11.5 Å². The van der Waals surface area contributed by atoms with Crippen LogP contribution < -0.4 is 11.4 Å². The molecule has 1 unspecified atom stereocenters. The Morgan fingerprint density at radius 3 is 3.14 bits per heavy atom. The second kappa shape index (κ2) is 6.06. The summed E-state index contributed by atoms with van der Waals surface area (Å²) in [5.74, 6) is 7.26. The van der Waals surface area contributed by atoms with E-state index in [2.05, 4.69) is 21.8 Å². The van der Waals surface area contributed by atoms with Crippen molar-refractivity contribution >= 4 is 17.6 Å². The smallest absolute Gasteiger partial charge is 0.350 e. The molecule has 0 amide bonds. The second-order valence-electron chi connectivity index (χ2n) is 4.73. The lowest BCUT2D eigenvalue weighted by Crippen LogP contribution is -2.26. The highest BCUT2D eigenvalue weighted by atomic mass is 32.2. The number of nitrogens with zero attached hydrogens (tertiary/aromatic N) is 4. The Hall–Kier alpha value is -2.20. The molecular formula is C14H15N5OS. The highest BCUT2D eigenvalue weighted by Gasteiger charge is 2.19. The Labute approximate surface area is 126 Å². The van der Waals surface area contributed by atoms with Gasteiger partial charge in [0.1, 0.15) is 5.82 Å². The first-order valence-electron chi connectivity index (χ1n) is 6.69. The number of hydrogen-bond donors (Lipinski definition) is 1. The topological polar surface area (TPSA) is 78.7 Å². The van der Waals surface area contributed by atoms with Crippen LogP contribution in [-0.4, -0.2) is 24.9 Å². The minimum absolute atomic E-state index is 0.153. The molecule has 0 aliphatic carbocycles. The summed E-state index contributed by atoms with van der Waals surface area (Å²) in [5.41, 5.74) is 6.10. The van der Waals surface area contributed by atoms with E-state index in [1.165, 1.54) is 0 Å². The van der Waals surface area contributed by atoms with Gasteiger partial charge < -0.3 is 10.3 Å². The van der Waals surface area contributed by atoms with E-state index in [-0.39, 0.29) is 16.9 Å². The lowest BCUT2D eigenvalue weighted by Gasteiger charge is -2.12. The largest absolute Gasteiger partial charge is 0.382 e. The molecular weight excluding hydrogens is 286 g/mol. The van der Waals surface area contributed by atoms with Crippen LogP contribution in [0, 0.1) is 11.8 Å². The molecule has 0 radical (unpaired) electrons. The van der Waals surface area contributed by atoms with Gasteiger partial charge in [-0.05, 0) is 18.6 Å². The van der Waals surface area contributed by atoms with Gasteiger partial charge in [0, 0.05) is 18.6 Å². The first-order valence-corrected chi connectivity index (χ1v) is 7.74. The number of aromatic nitrogens is 4. The van der Waals surface area contributed by atoms with E-state index in [0.717, 1.165) is 18.6 Å². The van der Waals surface area contributed by atoms with Gasteiger partial charge in [-0.3, -0.25) is 4.57 Å². The summed E-state index contributed by atoms with van der Waals surface area (Å²) in [4.78, 5) is 19.8. The SMILES string of the molecule is Nc1nc(=O)n(C2CCCS2)cc1C#CCn1ccnc1. The summed E-state index contributed by atoms with van der Waals surface area (Å²) in [5, 5.41) is 0.153. The summed E-state index contributed by atoms with van der Waals surface area (Å²) >= 11 is 1.77. The Morgan fingerprint density at radius 1 is 1.52 bits per heavy atom. The molecule has 3 rings (SSSR count). The zero-order chi connectivity index (χ0) is 14.7. The molecule has 6 nitrogen and oxygen atoms in total. The van der Waals surface area contributed by atoms with Gasteiger partial charge in [0.15, 0.2) is 0 Å². The summed E-state index contributed by atoms with van der Waals surface area (Å²) < 4.78 is 3.51. The number of nitrogens with two attached hydrogens (primary N) is 1. The zero-order valence-corrected chi connectivity index (χ0v) is 12.2. The van der Waals surface area contributed by atoms with Crippen molar-refractivity contribution in [3.63, 3.8) is 0 Å². The summed E-state index contributed by atoms with van der Waals surface area (Å²) in [6, 6.07) is 0.